The fourth-order valence-corrected chi connectivity index (χ4v) is 2.41. The van der Waals surface area contributed by atoms with Crippen LogP contribution in [0.2, 0.25) is 4.34 Å². The highest BCUT2D eigenvalue weighted by Crippen LogP contribution is 2.22. The minimum absolute atomic E-state index is 0.0586. The molecule has 0 aliphatic heterocycles. The summed E-state index contributed by atoms with van der Waals surface area (Å²) in [5, 5.41) is 12.0. The largest absolute Gasteiger partial charge is 0.477 e. The van der Waals surface area contributed by atoms with E-state index in [1.54, 1.807) is 13.0 Å². The molecule has 2 aromatic heterocycles. The predicted molar refractivity (Wildman–Crippen MR) is 70.4 cm³/mol. The van der Waals surface area contributed by atoms with Gasteiger partial charge in [-0.05, 0) is 19.1 Å². The van der Waals surface area contributed by atoms with Crippen LogP contribution in [0, 0.1) is 6.92 Å². The first-order chi connectivity index (χ1) is 8.56. The van der Waals surface area contributed by atoms with E-state index < -0.39 is 5.97 Å². The second kappa shape index (κ2) is 5.32. The van der Waals surface area contributed by atoms with Crippen LogP contribution < -0.4 is 5.32 Å². The van der Waals surface area contributed by atoms with Crippen molar-refractivity contribution in [2.75, 3.05) is 5.32 Å². The van der Waals surface area contributed by atoms with Crippen LogP contribution in [-0.2, 0) is 6.54 Å². The van der Waals surface area contributed by atoms with E-state index in [1.807, 2.05) is 6.07 Å². The van der Waals surface area contributed by atoms with Gasteiger partial charge < -0.3 is 10.4 Å². The molecule has 94 valence electrons. The van der Waals surface area contributed by atoms with Crippen molar-refractivity contribution in [3.63, 3.8) is 0 Å². The molecule has 0 amide bonds. The van der Waals surface area contributed by atoms with E-state index >= 15 is 0 Å². The number of anilines is 1. The maximum absolute atomic E-state index is 11.0. The third-order valence-electron chi connectivity index (χ3n) is 2.20. The Hall–Kier alpha value is -1.66. The Labute approximate surface area is 112 Å². The van der Waals surface area contributed by atoms with Crippen LogP contribution in [0.15, 0.2) is 18.3 Å². The van der Waals surface area contributed by atoms with Crippen LogP contribution in [0.3, 0.4) is 0 Å². The smallest absolute Gasteiger partial charge is 0.341 e. The Kier molecular flexibility index (Phi) is 3.78. The number of carbonyl (C=O) groups is 1. The van der Waals surface area contributed by atoms with Gasteiger partial charge in [-0.15, -0.1) is 11.3 Å². The van der Waals surface area contributed by atoms with Crippen LogP contribution in [0.5, 0.6) is 0 Å². The van der Waals surface area contributed by atoms with Crippen molar-refractivity contribution in [2.45, 2.75) is 13.5 Å². The molecule has 0 saturated heterocycles. The fourth-order valence-electron chi connectivity index (χ4n) is 1.38. The van der Waals surface area contributed by atoms with E-state index in [2.05, 4.69) is 15.3 Å². The molecule has 2 N–H and O–H groups in total. The highest BCUT2D eigenvalue weighted by Gasteiger charge is 2.12. The topological polar surface area (TPSA) is 75.1 Å². The Morgan fingerprint density at radius 1 is 1.56 bits per heavy atom. The highest BCUT2D eigenvalue weighted by molar-refractivity contribution is 7.16. The second-order valence-electron chi connectivity index (χ2n) is 3.54. The van der Waals surface area contributed by atoms with Gasteiger partial charge in [0.05, 0.1) is 10.9 Å². The highest BCUT2D eigenvalue weighted by atomic mass is 35.5. The molecule has 7 heteroatoms. The molecule has 0 atom stereocenters. The van der Waals surface area contributed by atoms with Gasteiger partial charge in [0.15, 0.2) is 0 Å². The molecule has 0 aliphatic rings. The van der Waals surface area contributed by atoms with Crippen molar-refractivity contribution in [1.29, 1.82) is 0 Å². The van der Waals surface area contributed by atoms with Crippen LogP contribution in [0.25, 0.3) is 0 Å². The molecule has 18 heavy (non-hydrogen) atoms. The molecule has 0 radical (unpaired) electrons. The summed E-state index contributed by atoms with van der Waals surface area (Å²) < 4.78 is 0.698. The number of aromatic nitrogens is 2. The van der Waals surface area contributed by atoms with Crippen LogP contribution >= 0.6 is 22.9 Å². The zero-order valence-corrected chi connectivity index (χ0v) is 11.0. The van der Waals surface area contributed by atoms with E-state index in [1.165, 1.54) is 17.5 Å². The minimum Gasteiger partial charge on any atom is -0.477 e. The first-order valence-corrected chi connectivity index (χ1v) is 6.30. The number of hydrogen-bond donors (Lipinski definition) is 2. The molecule has 0 aliphatic carbocycles. The van der Waals surface area contributed by atoms with E-state index in [0.29, 0.717) is 22.5 Å². The summed E-state index contributed by atoms with van der Waals surface area (Å²) in [5.41, 5.74) is 0.0586. The molecular weight excluding hydrogens is 274 g/mol. The molecule has 2 aromatic rings. The molecule has 2 rings (SSSR count). The average Bonchev–Trinajstić information content (AvgIpc) is 2.72. The molecular formula is C11H10ClN3O2S. The number of rotatable bonds is 4. The molecule has 0 fully saturated rings. The third kappa shape index (κ3) is 2.96. The lowest BCUT2D eigenvalue weighted by molar-refractivity contribution is 0.0697. The normalized spacial score (nSPS) is 10.3. The van der Waals surface area contributed by atoms with Crippen molar-refractivity contribution in [2.24, 2.45) is 0 Å². The summed E-state index contributed by atoms with van der Waals surface area (Å²) in [6, 6.07) is 3.68. The number of nitrogens with zero attached hydrogens (tertiary/aromatic N) is 2. The number of carboxylic acids is 1. The standard InChI is InChI=1S/C11H10ClN3O2S/c1-6-13-5-8(11(16)17)10(15-6)14-4-7-2-3-9(12)18-7/h2-3,5H,4H2,1H3,(H,16,17)(H,13,14,15). The summed E-state index contributed by atoms with van der Waals surface area (Å²) in [4.78, 5) is 20.0. The number of aryl methyl sites for hydroxylation is 1. The summed E-state index contributed by atoms with van der Waals surface area (Å²) in [5.74, 6) is -0.215. The van der Waals surface area contributed by atoms with E-state index in [0.717, 1.165) is 4.88 Å². The molecule has 0 bridgehead atoms. The molecule has 0 saturated carbocycles. The SMILES string of the molecule is Cc1ncc(C(=O)O)c(NCc2ccc(Cl)s2)n1. The Morgan fingerprint density at radius 2 is 2.33 bits per heavy atom. The lowest BCUT2D eigenvalue weighted by atomic mass is 10.3. The number of hydrogen-bond acceptors (Lipinski definition) is 5. The number of carboxylic acid groups (broad SMARTS) is 1. The lowest BCUT2D eigenvalue weighted by Gasteiger charge is -2.07. The zero-order chi connectivity index (χ0) is 13.1. The molecule has 2 heterocycles. The number of nitrogens with one attached hydrogen (secondary N) is 1. The number of thiophene rings is 1. The quantitative estimate of drug-likeness (QED) is 0.902. The van der Waals surface area contributed by atoms with Gasteiger partial charge in [-0.2, -0.15) is 0 Å². The Morgan fingerprint density at radius 3 is 2.94 bits per heavy atom. The summed E-state index contributed by atoms with van der Waals surface area (Å²) in [6.07, 6.45) is 1.30. The molecule has 0 spiro atoms. The van der Waals surface area contributed by atoms with Crippen LogP contribution in [0.4, 0.5) is 5.82 Å². The summed E-state index contributed by atoms with van der Waals surface area (Å²) in [6.45, 7) is 2.19. The molecule has 5 nitrogen and oxygen atoms in total. The molecule has 0 aromatic carbocycles. The maximum Gasteiger partial charge on any atom is 0.341 e. The van der Waals surface area contributed by atoms with Crippen molar-refractivity contribution in [1.82, 2.24) is 9.97 Å². The fraction of sp³-hybridized carbons (Fsp3) is 0.182. The van der Waals surface area contributed by atoms with Crippen molar-refractivity contribution in [3.05, 3.63) is 38.9 Å². The first-order valence-electron chi connectivity index (χ1n) is 5.11. The minimum atomic E-state index is -1.05. The summed E-state index contributed by atoms with van der Waals surface area (Å²) in [7, 11) is 0. The number of halogens is 1. The van der Waals surface area contributed by atoms with Crippen molar-refractivity contribution < 1.29 is 9.90 Å². The lowest BCUT2D eigenvalue weighted by Crippen LogP contribution is -2.09. The molecule has 0 unspecified atom stereocenters. The zero-order valence-electron chi connectivity index (χ0n) is 9.48. The first kappa shape index (κ1) is 12.8. The van der Waals surface area contributed by atoms with Gasteiger partial charge in [0, 0.05) is 11.1 Å². The average molecular weight is 284 g/mol. The van der Waals surface area contributed by atoms with Gasteiger partial charge in [-0.3, -0.25) is 0 Å². The third-order valence-corrected chi connectivity index (χ3v) is 3.43. The van der Waals surface area contributed by atoms with Crippen molar-refractivity contribution in [3.8, 4) is 0 Å². The van der Waals surface area contributed by atoms with E-state index in [9.17, 15) is 4.79 Å². The maximum atomic E-state index is 11.0. The van der Waals surface area contributed by atoms with Gasteiger partial charge in [0.25, 0.3) is 0 Å². The van der Waals surface area contributed by atoms with Crippen LogP contribution in [-0.4, -0.2) is 21.0 Å². The van der Waals surface area contributed by atoms with Gasteiger partial charge in [-0.1, -0.05) is 11.6 Å². The predicted octanol–water partition coefficient (Wildman–Crippen LogP) is 2.81. The Bertz CT molecular complexity index is 585. The van der Waals surface area contributed by atoms with E-state index in [-0.39, 0.29) is 5.56 Å². The van der Waals surface area contributed by atoms with Gasteiger partial charge in [0.2, 0.25) is 0 Å². The summed E-state index contributed by atoms with van der Waals surface area (Å²) >= 11 is 7.26. The van der Waals surface area contributed by atoms with Crippen molar-refractivity contribution >= 4 is 34.7 Å². The van der Waals surface area contributed by atoms with Gasteiger partial charge in [-0.25, -0.2) is 14.8 Å². The van der Waals surface area contributed by atoms with Gasteiger partial charge >= 0.3 is 5.97 Å². The van der Waals surface area contributed by atoms with Gasteiger partial charge in [0.1, 0.15) is 17.2 Å². The van der Waals surface area contributed by atoms with Crippen LogP contribution in [0.1, 0.15) is 21.1 Å². The number of aromatic carboxylic acids is 1. The second-order valence-corrected chi connectivity index (χ2v) is 5.34. The monoisotopic (exact) mass is 283 g/mol. The van der Waals surface area contributed by atoms with E-state index in [4.69, 9.17) is 16.7 Å². The Balaban J connectivity index is 2.17.